The van der Waals surface area contributed by atoms with Gasteiger partial charge in [0.1, 0.15) is 0 Å². The Morgan fingerprint density at radius 1 is 1.38 bits per heavy atom. The topological polar surface area (TPSA) is 55.9 Å². The minimum absolute atomic E-state index is 0.0419. The number of halogens is 1. The Morgan fingerprint density at radius 3 is 2.76 bits per heavy atom. The van der Waals surface area contributed by atoms with E-state index >= 15 is 0 Å². The maximum Gasteiger partial charge on any atom is 0.0644 e. The number of hydrazine groups is 1. The van der Waals surface area contributed by atoms with Crippen LogP contribution >= 0.6 is 15.9 Å². The molecule has 2 atom stereocenters. The maximum absolute atomic E-state index is 5.75. The number of nitrogens with two attached hydrogens (primary N) is 1. The van der Waals surface area contributed by atoms with Crippen molar-refractivity contribution in [2.75, 3.05) is 0 Å². The van der Waals surface area contributed by atoms with Crippen LogP contribution in [0.5, 0.6) is 0 Å². The monoisotopic (exact) mass is 350 g/mol. The third kappa shape index (κ3) is 3.93. The van der Waals surface area contributed by atoms with Gasteiger partial charge in [0.25, 0.3) is 0 Å². The molecule has 0 bridgehead atoms. The number of hydrogen-bond donors (Lipinski definition) is 2. The number of nitrogens with zero attached hydrogens (tertiary/aromatic N) is 2. The molecule has 5 heteroatoms. The van der Waals surface area contributed by atoms with Gasteiger partial charge in [0, 0.05) is 23.1 Å². The van der Waals surface area contributed by atoms with Crippen molar-refractivity contribution in [3.63, 3.8) is 0 Å². The van der Waals surface area contributed by atoms with Gasteiger partial charge in [0.05, 0.1) is 11.7 Å². The van der Waals surface area contributed by atoms with Gasteiger partial charge in [0.2, 0.25) is 0 Å². The molecule has 2 unspecified atom stereocenters. The average Bonchev–Trinajstić information content (AvgIpc) is 2.93. The smallest absolute Gasteiger partial charge is 0.0644 e. The molecule has 2 rings (SSSR count). The van der Waals surface area contributed by atoms with Crippen LogP contribution < -0.4 is 11.3 Å². The first kappa shape index (κ1) is 16.2. The fraction of sp³-hybridized carbons (Fsp3) is 0.438. The molecule has 21 heavy (non-hydrogen) atoms. The SMILES string of the molecule is CCC(C)n1ccc(CC(NN)c2ccc(C)cc2Br)n1. The molecular formula is C16H23BrN4. The molecule has 114 valence electrons. The highest BCUT2D eigenvalue weighted by molar-refractivity contribution is 9.10. The minimum Gasteiger partial charge on any atom is -0.271 e. The Bertz CT molecular complexity index is 594. The Hall–Kier alpha value is -1.17. The summed E-state index contributed by atoms with van der Waals surface area (Å²) in [5.74, 6) is 5.75. The lowest BCUT2D eigenvalue weighted by Crippen LogP contribution is -2.30. The van der Waals surface area contributed by atoms with Crippen LogP contribution in [0.4, 0.5) is 0 Å². The normalized spacial score (nSPS) is 14.1. The highest BCUT2D eigenvalue weighted by Gasteiger charge is 2.16. The summed E-state index contributed by atoms with van der Waals surface area (Å²) >= 11 is 3.62. The summed E-state index contributed by atoms with van der Waals surface area (Å²) < 4.78 is 3.10. The van der Waals surface area contributed by atoms with E-state index in [1.807, 2.05) is 10.9 Å². The molecule has 0 saturated heterocycles. The first-order valence-corrected chi connectivity index (χ1v) is 8.10. The molecular weight excluding hydrogens is 328 g/mol. The summed E-state index contributed by atoms with van der Waals surface area (Å²) in [6, 6.07) is 8.85. The molecule has 1 aromatic carbocycles. The van der Waals surface area contributed by atoms with Gasteiger partial charge in [-0.2, -0.15) is 5.10 Å². The second-order valence-corrected chi connectivity index (χ2v) is 6.35. The zero-order chi connectivity index (χ0) is 15.4. The molecule has 4 nitrogen and oxygen atoms in total. The van der Waals surface area contributed by atoms with Crippen molar-refractivity contribution in [1.82, 2.24) is 15.2 Å². The van der Waals surface area contributed by atoms with Gasteiger partial charge in [-0.3, -0.25) is 16.0 Å². The van der Waals surface area contributed by atoms with Gasteiger partial charge in [-0.05, 0) is 43.5 Å². The molecule has 0 aliphatic carbocycles. The molecule has 2 aromatic rings. The van der Waals surface area contributed by atoms with Crippen LogP contribution in [-0.4, -0.2) is 9.78 Å². The summed E-state index contributed by atoms with van der Waals surface area (Å²) in [4.78, 5) is 0. The summed E-state index contributed by atoms with van der Waals surface area (Å²) in [7, 11) is 0. The molecule has 1 heterocycles. The van der Waals surface area contributed by atoms with Crippen LogP contribution in [0, 0.1) is 6.92 Å². The van der Waals surface area contributed by atoms with Crippen molar-refractivity contribution in [2.24, 2.45) is 5.84 Å². The van der Waals surface area contributed by atoms with E-state index in [2.05, 4.69) is 71.5 Å². The number of aromatic nitrogens is 2. The first-order chi connectivity index (χ1) is 10.0. The second-order valence-electron chi connectivity index (χ2n) is 5.49. The number of hydrogen-bond acceptors (Lipinski definition) is 3. The predicted molar refractivity (Wildman–Crippen MR) is 89.9 cm³/mol. The number of nitrogens with one attached hydrogen (secondary N) is 1. The number of aryl methyl sites for hydroxylation is 1. The highest BCUT2D eigenvalue weighted by Crippen LogP contribution is 2.26. The van der Waals surface area contributed by atoms with E-state index in [1.54, 1.807) is 0 Å². The lowest BCUT2D eigenvalue weighted by Gasteiger charge is -2.17. The average molecular weight is 351 g/mol. The van der Waals surface area contributed by atoms with Crippen molar-refractivity contribution < 1.29 is 0 Å². The van der Waals surface area contributed by atoms with E-state index in [-0.39, 0.29) is 6.04 Å². The predicted octanol–water partition coefficient (Wildman–Crippen LogP) is 3.67. The Kier molecular flexibility index (Phi) is 5.56. The molecule has 0 fully saturated rings. The zero-order valence-corrected chi connectivity index (χ0v) is 14.4. The maximum atomic E-state index is 5.75. The van der Waals surface area contributed by atoms with Gasteiger partial charge < -0.3 is 0 Å². The Labute approximate surface area is 134 Å². The van der Waals surface area contributed by atoms with Gasteiger partial charge in [0.15, 0.2) is 0 Å². The molecule has 3 N–H and O–H groups in total. The van der Waals surface area contributed by atoms with Crippen LogP contribution in [0.25, 0.3) is 0 Å². The van der Waals surface area contributed by atoms with Crippen LogP contribution in [0.3, 0.4) is 0 Å². The van der Waals surface area contributed by atoms with E-state index in [0.29, 0.717) is 6.04 Å². The molecule has 0 radical (unpaired) electrons. The lowest BCUT2D eigenvalue weighted by molar-refractivity contribution is 0.467. The van der Waals surface area contributed by atoms with Crippen LogP contribution in [0.2, 0.25) is 0 Å². The molecule has 0 amide bonds. The summed E-state index contributed by atoms with van der Waals surface area (Å²) in [5, 5.41) is 4.65. The highest BCUT2D eigenvalue weighted by atomic mass is 79.9. The van der Waals surface area contributed by atoms with Gasteiger partial charge in [-0.15, -0.1) is 0 Å². The number of rotatable bonds is 6. The van der Waals surface area contributed by atoms with Gasteiger partial charge in [-0.25, -0.2) is 0 Å². The lowest BCUT2D eigenvalue weighted by atomic mass is 10.0. The quantitative estimate of drug-likeness (QED) is 0.617. The fourth-order valence-corrected chi connectivity index (χ4v) is 3.07. The fourth-order valence-electron chi connectivity index (χ4n) is 2.30. The second kappa shape index (κ2) is 7.20. The molecule has 0 saturated carbocycles. The van der Waals surface area contributed by atoms with Crippen molar-refractivity contribution in [1.29, 1.82) is 0 Å². The zero-order valence-electron chi connectivity index (χ0n) is 12.8. The number of benzene rings is 1. The summed E-state index contributed by atoms with van der Waals surface area (Å²) in [5.41, 5.74) is 6.33. The Morgan fingerprint density at radius 2 is 2.14 bits per heavy atom. The van der Waals surface area contributed by atoms with Gasteiger partial charge in [-0.1, -0.05) is 35.0 Å². The third-order valence-corrected chi connectivity index (χ3v) is 4.54. The van der Waals surface area contributed by atoms with E-state index in [9.17, 15) is 0 Å². The summed E-state index contributed by atoms with van der Waals surface area (Å²) in [6.07, 6.45) is 3.88. The van der Waals surface area contributed by atoms with E-state index in [4.69, 9.17) is 5.84 Å². The standard InChI is InChI=1S/C16H23BrN4/c1-4-12(3)21-8-7-13(20-21)10-16(19-18)14-6-5-11(2)9-15(14)17/h5-9,12,16,19H,4,10,18H2,1-3H3. The first-order valence-electron chi connectivity index (χ1n) is 7.31. The van der Waals surface area contributed by atoms with E-state index < -0.39 is 0 Å². The van der Waals surface area contributed by atoms with Crippen molar-refractivity contribution in [3.8, 4) is 0 Å². The van der Waals surface area contributed by atoms with Crippen LogP contribution in [0.15, 0.2) is 34.9 Å². The van der Waals surface area contributed by atoms with Crippen molar-refractivity contribution >= 4 is 15.9 Å². The van der Waals surface area contributed by atoms with Crippen molar-refractivity contribution in [3.05, 3.63) is 51.8 Å². The summed E-state index contributed by atoms with van der Waals surface area (Å²) in [6.45, 7) is 6.42. The van der Waals surface area contributed by atoms with E-state index in [0.717, 1.165) is 28.6 Å². The largest absolute Gasteiger partial charge is 0.271 e. The molecule has 1 aromatic heterocycles. The molecule has 0 spiro atoms. The third-order valence-electron chi connectivity index (χ3n) is 3.85. The minimum atomic E-state index is 0.0419. The molecule has 0 aliphatic heterocycles. The van der Waals surface area contributed by atoms with Gasteiger partial charge >= 0.3 is 0 Å². The van der Waals surface area contributed by atoms with Crippen molar-refractivity contribution in [2.45, 2.75) is 45.7 Å². The van der Waals surface area contributed by atoms with Crippen LogP contribution in [-0.2, 0) is 6.42 Å². The van der Waals surface area contributed by atoms with Crippen LogP contribution in [0.1, 0.15) is 49.2 Å². The molecule has 0 aliphatic rings. The Balaban J connectivity index is 2.17. The van der Waals surface area contributed by atoms with E-state index in [1.165, 1.54) is 5.56 Å².